The molecule has 0 spiro atoms. The highest BCUT2D eigenvalue weighted by molar-refractivity contribution is 5.98. The number of fused-ring (bicyclic) bond motifs is 2. The molecule has 1 N–H and O–H groups in total. The maximum Gasteiger partial charge on any atom is 0.167 e. The van der Waals surface area contributed by atoms with Crippen molar-refractivity contribution in [1.29, 1.82) is 0 Å². The zero-order valence-corrected chi connectivity index (χ0v) is 8.95. The van der Waals surface area contributed by atoms with Crippen LogP contribution in [0.1, 0.15) is 29.6 Å². The maximum atomic E-state index is 12.8. The van der Waals surface area contributed by atoms with Gasteiger partial charge in [0.25, 0.3) is 0 Å². The molecule has 1 aromatic rings. The van der Waals surface area contributed by atoms with Crippen molar-refractivity contribution in [1.82, 2.24) is 5.32 Å². The maximum absolute atomic E-state index is 12.8. The van der Waals surface area contributed by atoms with Crippen molar-refractivity contribution in [2.75, 3.05) is 0 Å². The molecule has 3 rings (SSSR count). The zero-order valence-electron chi connectivity index (χ0n) is 8.95. The third kappa shape index (κ3) is 1.55. The third-order valence-electron chi connectivity index (χ3n) is 3.77. The summed E-state index contributed by atoms with van der Waals surface area (Å²) in [5.74, 6) is -0.0217. The first-order valence-electron chi connectivity index (χ1n) is 5.80. The van der Waals surface area contributed by atoms with Crippen LogP contribution in [0.15, 0.2) is 24.3 Å². The monoisotopic (exact) mass is 219 g/mol. The van der Waals surface area contributed by atoms with Crippen molar-refractivity contribution in [2.24, 2.45) is 5.92 Å². The van der Waals surface area contributed by atoms with Crippen molar-refractivity contribution < 1.29 is 9.18 Å². The van der Waals surface area contributed by atoms with Crippen LogP contribution in [0, 0.1) is 11.7 Å². The highest BCUT2D eigenvalue weighted by Gasteiger charge is 2.42. The van der Waals surface area contributed by atoms with E-state index in [4.69, 9.17) is 0 Å². The van der Waals surface area contributed by atoms with Crippen LogP contribution in [-0.4, -0.2) is 17.9 Å². The molecule has 3 unspecified atom stereocenters. The van der Waals surface area contributed by atoms with Crippen LogP contribution >= 0.6 is 0 Å². The van der Waals surface area contributed by atoms with Gasteiger partial charge in [0.15, 0.2) is 5.78 Å². The molecule has 0 radical (unpaired) electrons. The molecule has 2 aliphatic rings. The van der Waals surface area contributed by atoms with Gasteiger partial charge in [-0.1, -0.05) is 0 Å². The molecule has 2 nitrogen and oxygen atoms in total. The number of hydrogen-bond acceptors (Lipinski definition) is 2. The van der Waals surface area contributed by atoms with E-state index in [1.54, 1.807) is 12.1 Å². The van der Waals surface area contributed by atoms with Crippen molar-refractivity contribution in [3.63, 3.8) is 0 Å². The first-order chi connectivity index (χ1) is 7.74. The SMILES string of the molecule is O=C(c1ccc(F)cc1)C1CC2CCC1N2. The average molecular weight is 219 g/mol. The lowest BCUT2D eigenvalue weighted by Gasteiger charge is -2.18. The molecular formula is C13H14FNO. The topological polar surface area (TPSA) is 29.1 Å². The fourth-order valence-corrected chi connectivity index (χ4v) is 2.94. The number of Topliss-reactive ketones (excluding diaryl/α,β-unsaturated/α-hetero) is 1. The Morgan fingerprint density at radius 1 is 1.25 bits per heavy atom. The van der Waals surface area contributed by atoms with Gasteiger partial charge in [-0.25, -0.2) is 4.39 Å². The number of carbonyl (C=O) groups excluding carboxylic acids is 1. The number of nitrogens with one attached hydrogen (secondary N) is 1. The normalized spacial score (nSPS) is 31.9. The van der Waals surface area contributed by atoms with E-state index >= 15 is 0 Å². The molecule has 2 heterocycles. The van der Waals surface area contributed by atoms with E-state index < -0.39 is 0 Å². The number of halogens is 1. The molecule has 0 amide bonds. The minimum absolute atomic E-state index is 0.101. The van der Waals surface area contributed by atoms with E-state index in [-0.39, 0.29) is 17.5 Å². The molecule has 2 bridgehead atoms. The molecule has 0 aliphatic carbocycles. The molecule has 2 saturated heterocycles. The van der Waals surface area contributed by atoms with E-state index in [9.17, 15) is 9.18 Å². The molecule has 2 aliphatic heterocycles. The van der Waals surface area contributed by atoms with Gasteiger partial charge in [0.1, 0.15) is 5.82 Å². The number of ketones is 1. The van der Waals surface area contributed by atoms with Gasteiger partial charge in [0.05, 0.1) is 0 Å². The summed E-state index contributed by atoms with van der Waals surface area (Å²) < 4.78 is 12.8. The quantitative estimate of drug-likeness (QED) is 0.772. The van der Waals surface area contributed by atoms with Gasteiger partial charge in [-0.05, 0) is 43.5 Å². The fourth-order valence-electron chi connectivity index (χ4n) is 2.94. The zero-order chi connectivity index (χ0) is 11.1. The predicted octanol–water partition coefficient (Wildman–Crippen LogP) is 2.15. The Morgan fingerprint density at radius 3 is 2.56 bits per heavy atom. The summed E-state index contributed by atoms with van der Waals surface area (Å²) in [5, 5.41) is 3.45. The Labute approximate surface area is 93.9 Å². The molecule has 2 fully saturated rings. The predicted molar refractivity (Wildman–Crippen MR) is 58.8 cm³/mol. The molecule has 0 aromatic heterocycles. The Kier molecular flexibility index (Phi) is 2.28. The van der Waals surface area contributed by atoms with Crippen molar-refractivity contribution in [2.45, 2.75) is 31.3 Å². The highest BCUT2D eigenvalue weighted by Crippen LogP contribution is 2.35. The van der Waals surface area contributed by atoms with Crippen molar-refractivity contribution in [3.05, 3.63) is 35.6 Å². The van der Waals surface area contributed by atoms with E-state index in [2.05, 4.69) is 5.32 Å². The molecule has 0 saturated carbocycles. The first kappa shape index (κ1) is 9.97. The van der Waals surface area contributed by atoms with Gasteiger partial charge in [0.2, 0.25) is 0 Å². The second-order valence-corrected chi connectivity index (χ2v) is 4.76. The number of hydrogen-bond donors (Lipinski definition) is 1. The number of carbonyl (C=O) groups is 1. The summed E-state index contributed by atoms with van der Waals surface area (Å²) in [5.41, 5.74) is 0.640. The Bertz CT molecular complexity index is 414. The van der Waals surface area contributed by atoms with E-state index in [1.807, 2.05) is 0 Å². The van der Waals surface area contributed by atoms with Crippen LogP contribution in [0.5, 0.6) is 0 Å². The smallest absolute Gasteiger partial charge is 0.167 e. The third-order valence-corrected chi connectivity index (χ3v) is 3.77. The molecule has 3 atom stereocenters. The van der Waals surface area contributed by atoms with Crippen LogP contribution in [0.3, 0.4) is 0 Å². The summed E-state index contributed by atoms with van der Waals surface area (Å²) in [6.45, 7) is 0. The lowest BCUT2D eigenvalue weighted by Crippen LogP contribution is -2.28. The molecular weight excluding hydrogens is 205 g/mol. The van der Waals surface area contributed by atoms with Gasteiger partial charge in [-0.2, -0.15) is 0 Å². The van der Waals surface area contributed by atoms with Gasteiger partial charge >= 0.3 is 0 Å². The van der Waals surface area contributed by atoms with Gasteiger partial charge in [-0.3, -0.25) is 4.79 Å². The van der Waals surface area contributed by atoms with Crippen LogP contribution in [0.25, 0.3) is 0 Å². The summed E-state index contributed by atoms with van der Waals surface area (Å²) in [6, 6.07) is 6.76. The lowest BCUT2D eigenvalue weighted by atomic mass is 9.84. The Balaban J connectivity index is 1.80. The second kappa shape index (κ2) is 3.67. The van der Waals surface area contributed by atoms with Gasteiger partial charge in [-0.15, -0.1) is 0 Å². The molecule has 1 aromatic carbocycles. The summed E-state index contributed by atoms with van der Waals surface area (Å²) in [6.07, 6.45) is 3.24. The summed E-state index contributed by atoms with van der Waals surface area (Å²) in [4.78, 5) is 12.2. The van der Waals surface area contributed by atoms with E-state index in [0.29, 0.717) is 17.6 Å². The molecule has 3 heteroatoms. The highest BCUT2D eigenvalue weighted by atomic mass is 19.1. The standard InChI is InChI=1S/C13H14FNO/c14-9-3-1-8(2-4-9)13(16)11-7-10-5-6-12(11)15-10/h1-4,10-12,15H,5-7H2. The van der Waals surface area contributed by atoms with Crippen LogP contribution in [0.4, 0.5) is 4.39 Å². The van der Waals surface area contributed by atoms with E-state index in [0.717, 1.165) is 12.8 Å². The van der Waals surface area contributed by atoms with Crippen LogP contribution in [-0.2, 0) is 0 Å². The Morgan fingerprint density at radius 2 is 2.00 bits per heavy atom. The number of rotatable bonds is 2. The van der Waals surface area contributed by atoms with Gasteiger partial charge < -0.3 is 5.32 Å². The fraction of sp³-hybridized carbons (Fsp3) is 0.462. The van der Waals surface area contributed by atoms with E-state index in [1.165, 1.54) is 18.6 Å². The van der Waals surface area contributed by atoms with Crippen LogP contribution < -0.4 is 5.32 Å². The van der Waals surface area contributed by atoms with Crippen molar-refractivity contribution in [3.8, 4) is 0 Å². The first-order valence-corrected chi connectivity index (χ1v) is 5.80. The molecule has 16 heavy (non-hydrogen) atoms. The largest absolute Gasteiger partial charge is 0.310 e. The minimum atomic E-state index is -0.289. The number of benzene rings is 1. The summed E-state index contributed by atoms with van der Waals surface area (Å²) in [7, 11) is 0. The molecule has 84 valence electrons. The second-order valence-electron chi connectivity index (χ2n) is 4.76. The van der Waals surface area contributed by atoms with Gasteiger partial charge in [0, 0.05) is 23.6 Å². The average Bonchev–Trinajstić information content (AvgIpc) is 2.91. The lowest BCUT2D eigenvalue weighted by molar-refractivity contribution is 0.0901. The van der Waals surface area contributed by atoms with Crippen LogP contribution in [0.2, 0.25) is 0 Å². The summed E-state index contributed by atoms with van der Waals surface area (Å²) >= 11 is 0. The minimum Gasteiger partial charge on any atom is -0.310 e. The Hall–Kier alpha value is -1.22. The van der Waals surface area contributed by atoms with Crippen molar-refractivity contribution >= 4 is 5.78 Å².